The summed E-state index contributed by atoms with van der Waals surface area (Å²) in [5, 5.41) is 7.42. The highest BCUT2D eigenvalue weighted by Gasteiger charge is 2.08. The van der Waals surface area contributed by atoms with Crippen molar-refractivity contribution < 1.29 is 24.2 Å². The molecule has 1 aliphatic rings. The Balaban J connectivity index is 0.000000280. The van der Waals surface area contributed by atoms with Gasteiger partial charge in [0.1, 0.15) is 12.4 Å². The van der Waals surface area contributed by atoms with E-state index in [1.807, 2.05) is 24.3 Å². The van der Waals surface area contributed by atoms with Crippen LogP contribution in [-0.2, 0) is 20.9 Å². The maximum atomic E-state index is 10.8. The van der Waals surface area contributed by atoms with E-state index >= 15 is 0 Å². The summed E-state index contributed by atoms with van der Waals surface area (Å²) in [7, 11) is 0. The summed E-state index contributed by atoms with van der Waals surface area (Å²) in [5.74, 6) is -0.425. The summed E-state index contributed by atoms with van der Waals surface area (Å²) in [5.41, 5.74) is 0.959. The Labute approximate surface area is 92.6 Å². The molecule has 2 rings (SSSR count). The zero-order valence-electron chi connectivity index (χ0n) is 8.80. The lowest BCUT2D eigenvalue weighted by Gasteiger charge is -2.11. The second kappa shape index (κ2) is 5.75. The summed E-state index contributed by atoms with van der Waals surface area (Å²) < 4.78 is 9.98. The minimum absolute atomic E-state index is 0.00343. The molecule has 2 bridgehead atoms. The highest BCUT2D eigenvalue weighted by molar-refractivity contribution is 5.71. The van der Waals surface area contributed by atoms with E-state index in [-0.39, 0.29) is 12.6 Å². The van der Waals surface area contributed by atoms with Gasteiger partial charge in [0.2, 0.25) is 0 Å². The topological polar surface area (TPSA) is 72.8 Å². The largest absolute Gasteiger partial charge is 0.482 e. The predicted octanol–water partition coefficient (Wildman–Crippen LogP) is 1.21. The van der Waals surface area contributed by atoms with Crippen molar-refractivity contribution in [1.82, 2.24) is 0 Å². The van der Waals surface area contributed by atoms with Gasteiger partial charge < -0.3 is 14.6 Å². The number of fused-ring (bicyclic) bond motifs is 2. The second-order valence-electron chi connectivity index (χ2n) is 3.12. The van der Waals surface area contributed by atoms with Gasteiger partial charge in [0.25, 0.3) is 5.97 Å². The van der Waals surface area contributed by atoms with Crippen molar-refractivity contribution in [3.05, 3.63) is 29.8 Å². The Morgan fingerprint density at radius 1 is 1.31 bits per heavy atom. The van der Waals surface area contributed by atoms with E-state index in [9.17, 15) is 4.79 Å². The van der Waals surface area contributed by atoms with Crippen molar-refractivity contribution in [1.29, 1.82) is 0 Å². The van der Waals surface area contributed by atoms with Crippen molar-refractivity contribution in [2.75, 3.05) is 6.61 Å². The average molecular weight is 224 g/mol. The number of carboxylic acid groups (broad SMARTS) is 1. The monoisotopic (exact) mass is 224 g/mol. The number of rotatable bonds is 0. The number of carbonyl (C=O) groups is 2. The molecule has 1 aromatic rings. The molecular weight excluding hydrogens is 212 g/mol. The van der Waals surface area contributed by atoms with Crippen molar-refractivity contribution in [2.45, 2.75) is 13.5 Å². The number of benzene rings is 1. The van der Waals surface area contributed by atoms with E-state index in [2.05, 4.69) is 0 Å². The third-order valence-corrected chi connectivity index (χ3v) is 1.65. The van der Waals surface area contributed by atoms with Crippen LogP contribution in [-0.4, -0.2) is 23.7 Å². The molecule has 1 aliphatic heterocycles. The van der Waals surface area contributed by atoms with Crippen molar-refractivity contribution in [2.24, 2.45) is 0 Å². The van der Waals surface area contributed by atoms with Crippen molar-refractivity contribution in [3.63, 3.8) is 0 Å². The van der Waals surface area contributed by atoms with Crippen LogP contribution in [0.1, 0.15) is 12.5 Å². The van der Waals surface area contributed by atoms with Crippen LogP contribution >= 0.6 is 0 Å². The van der Waals surface area contributed by atoms with Crippen LogP contribution in [0.15, 0.2) is 24.3 Å². The van der Waals surface area contributed by atoms with E-state index < -0.39 is 5.97 Å². The third-order valence-electron chi connectivity index (χ3n) is 1.65. The van der Waals surface area contributed by atoms with Gasteiger partial charge in [-0.05, 0) is 17.7 Å². The highest BCUT2D eigenvalue weighted by Crippen LogP contribution is 2.15. The first kappa shape index (κ1) is 12.0. The van der Waals surface area contributed by atoms with E-state index in [1.54, 1.807) is 0 Å². The fourth-order valence-electron chi connectivity index (χ4n) is 1.07. The Kier molecular flexibility index (Phi) is 4.32. The molecule has 5 heteroatoms. The fraction of sp³-hybridized carbons (Fsp3) is 0.273. The lowest BCUT2D eigenvalue weighted by molar-refractivity contribution is -0.147. The maximum Gasteiger partial charge on any atom is 0.344 e. The van der Waals surface area contributed by atoms with Gasteiger partial charge in [0, 0.05) is 6.92 Å². The first-order valence-electron chi connectivity index (χ1n) is 4.65. The molecule has 0 spiro atoms. The highest BCUT2D eigenvalue weighted by atomic mass is 16.6. The average Bonchev–Trinajstić information content (AvgIpc) is 2.22. The molecule has 1 aromatic carbocycles. The normalized spacial score (nSPS) is 13.2. The van der Waals surface area contributed by atoms with Crippen LogP contribution < -0.4 is 4.74 Å². The molecule has 1 heterocycles. The van der Waals surface area contributed by atoms with Crippen LogP contribution in [0.3, 0.4) is 0 Å². The summed E-state index contributed by atoms with van der Waals surface area (Å²) in [6.45, 7) is 1.43. The smallest absolute Gasteiger partial charge is 0.344 e. The third kappa shape index (κ3) is 4.45. The fourth-order valence-corrected chi connectivity index (χ4v) is 1.07. The van der Waals surface area contributed by atoms with Gasteiger partial charge in [-0.2, -0.15) is 0 Å². The Morgan fingerprint density at radius 3 is 2.69 bits per heavy atom. The second-order valence-corrected chi connectivity index (χ2v) is 3.12. The minimum Gasteiger partial charge on any atom is -0.482 e. The minimum atomic E-state index is -0.833. The standard InChI is InChI=1S/C9H8O3.C2H4O2/c10-9-6-11-8-3-1-2-7(4-8)5-12-9;1-2(3)4/h1-4H,5-6H2;1H3,(H,3,4). The number of hydrogen-bond acceptors (Lipinski definition) is 4. The lowest BCUT2D eigenvalue weighted by atomic mass is 10.2. The van der Waals surface area contributed by atoms with Gasteiger partial charge in [0.05, 0.1) is 0 Å². The molecule has 0 atom stereocenters. The first-order valence-corrected chi connectivity index (χ1v) is 4.65. The molecule has 0 radical (unpaired) electrons. The molecule has 0 amide bonds. The molecular formula is C11H12O5. The molecule has 1 N–H and O–H groups in total. The Bertz CT molecular complexity index is 356. The van der Waals surface area contributed by atoms with Gasteiger partial charge in [-0.3, -0.25) is 4.79 Å². The number of aliphatic carboxylic acids is 1. The first-order chi connectivity index (χ1) is 7.58. The molecule has 16 heavy (non-hydrogen) atoms. The van der Waals surface area contributed by atoms with Gasteiger partial charge in [-0.25, -0.2) is 4.79 Å². The number of ether oxygens (including phenoxy) is 2. The van der Waals surface area contributed by atoms with Gasteiger partial charge in [0.15, 0.2) is 6.61 Å². The summed E-state index contributed by atoms with van der Waals surface area (Å²) >= 11 is 0. The molecule has 0 fully saturated rings. The number of hydrogen-bond donors (Lipinski definition) is 1. The van der Waals surface area contributed by atoms with Crippen molar-refractivity contribution in [3.8, 4) is 5.75 Å². The summed E-state index contributed by atoms with van der Waals surface area (Å²) in [6.07, 6.45) is 0. The van der Waals surface area contributed by atoms with Crippen LogP contribution in [0.5, 0.6) is 5.75 Å². The molecule has 86 valence electrons. The van der Waals surface area contributed by atoms with Gasteiger partial charge in [-0.15, -0.1) is 0 Å². The maximum absolute atomic E-state index is 10.8. The zero-order valence-corrected chi connectivity index (χ0v) is 8.80. The van der Waals surface area contributed by atoms with Crippen LogP contribution in [0, 0.1) is 0 Å². The quantitative estimate of drug-likeness (QED) is 0.670. The Morgan fingerprint density at radius 2 is 2.00 bits per heavy atom. The van der Waals surface area contributed by atoms with E-state index in [4.69, 9.17) is 19.4 Å². The molecule has 0 aliphatic carbocycles. The molecule has 5 nitrogen and oxygen atoms in total. The summed E-state index contributed by atoms with van der Waals surface area (Å²) in [6, 6.07) is 7.46. The van der Waals surface area contributed by atoms with Gasteiger partial charge in [-0.1, -0.05) is 12.1 Å². The van der Waals surface area contributed by atoms with Crippen molar-refractivity contribution >= 4 is 11.9 Å². The molecule has 0 unspecified atom stereocenters. The number of carboxylic acids is 1. The van der Waals surface area contributed by atoms with Crippen LogP contribution in [0.25, 0.3) is 0 Å². The van der Waals surface area contributed by atoms with E-state index in [0.29, 0.717) is 6.61 Å². The molecule has 0 saturated heterocycles. The van der Waals surface area contributed by atoms with E-state index in [1.165, 1.54) is 0 Å². The van der Waals surface area contributed by atoms with Crippen LogP contribution in [0.2, 0.25) is 0 Å². The van der Waals surface area contributed by atoms with Crippen LogP contribution in [0.4, 0.5) is 0 Å². The lowest BCUT2D eigenvalue weighted by Crippen LogP contribution is -2.16. The number of carbonyl (C=O) groups excluding carboxylic acids is 1. The van der Waals surface area contributed by atoms with E-state index in [0.717, 1.165) is 18.2 Å². The Hall–Kier alpha value is -2.04. The van der Waals surface area contributed by atoms with Gasteiger partial charge >= 0.3 is 5.97 Å². The number of cyclic esters (lactones) is 1. The summed E-state index contributed by atoms with van der Waals surface area (Å²) in [4.78, 5) is 19.8. The number of esters is 1. The SMILES string of the molecule is CC(=O)O.O=C1COc2cccc(c2)CO1. The zero-order chi connectivity index (χ0) is 12.0. The molecule has 0 saturated carbocycles. The molecule has 0 aromatic heterocycles. The predicted molar refractivity (Wildman–Crippen MR) is 55.0 cm³/mol.